The maximum absolute atomic E-state index is 11.2. The van der Waals surface area contributed by atoms with Gasteiger partial charge >= 0.3 is 5.97 Å². The van der Waals surface area contributed by atoms with Gasteiger partial charge in [0, 0.05) is 6.07 Å². The Morgan fingerprint density at radius 3 is 2.76 bits per heavy atom. The van der Waals surface area contributed by atoms with Crippen molar-refractivity contribution in [2.45, 2.75) is 6.92 Å². The second-order valence-corrected chi connectivity index (χ2v) is 4.62. The molecule has 0 bridgehead atoms. The van der Waals surface area contributed by atoms with Gasteiger partial charge in [-0.2, -0.15) is 0 Å². The number of nitrogens with zero attached hydrogens (tertiary/aromatic N) is 2. The van der Waals surface area contributed by atoms with Gasteiger partial charge in [-0.1, -0.05) is 23.7 Å². The summed E-state index contributed by atoms with van der Waals surface area (Å²) >= 11 is 6.05. The zero-order chi connectivity index (χ0) is 15.6. The molecule has 0 atom stereocenters. The van der Waals surface area contributed by atoms with Crippen molar-refractivity contribution < 1.29 is 14.8 Å². The molecule has 0 fully saturated rings. The Labute approximate surface area is 124 Å². The normalized spacial score (nSPS) is 10.2. The van der Waals surface area contributed by atoms with Gasteiger partial charge in [0.2, 0.25) is 0 Å². The lowest BCUT2D eigenvalue weighted by molar-refractivity contribution is -0.385. The number of pyridine rings is 1. The molecule has 108 valence electrons. The van der Waals surface area contributed by atoms with E-state index in [2.05, 4.69) is 10.3 Å². The summed E-state index contributed by atoms with van der Waals surface area (Å²) in [5, 5.41) is 23.0. The van der Waals surface area contributed by atoms with E-state index < -0.39 is 16.6 Å². The van der Waals surface area contributed by atoms with Gasteiger partial charge in [0.25, 0.3) is 5.69 Å². The van der Waals surface area contributed by atoms with Gasteiger partial charge in [0.05, 0.1) is 15.6 Å². The van der Waals surface area contributed by atoms with Crippen molar-refractivity contribution >= 4 is 34.8 Å². The number of aryl methyl sites for hydroxylation is 1. The molecule has 2 rings (SSSR count). The van der Waals surface area contributed by atoms with Gasteiger partial charge in [-0.3, -0.25) is 10.1 Å². The van der Waals surface area contributed by atoms with Crippen molar-refractivity contribution in [2.75, 3.05) is 5.32 Å². The van der Waals surface area contributed by atoms with E-state index in [-0.39, 0.29) is 11.4 Å². The SMILES string of the molecule is Cc1cccc(Cl)c1Nc1ncc([N+](=O)[O-])cc1C(=O)O. The fraction of sp³-hybridized carbons (Fsp3) is 0.0769. The van der Waals surface area contributed by atoms with Gasteiger partial charge in [-0.05, 0) is 18.6 Å². The Kier molecular flexibility index (Phi) is 4.04. The highest BCUT2D eigenvalue weighted by atomic mass is 35.5. The summed E-state index contributed by atoms with van der Waals surface area (Å²) in [5.41, 5.74) is 0.597. The minimum atomic E-state index is -1.32. The Morgan fingerprint density at radius 2 is 2.19 bits per heavy atom. The standard InChI is InChI=1S/C13H10ClN3O4/c1-7-3-2-4-10(14)11(7)16-12-9(13(18)19)5-8(6-15-12)17(20)21/h2-6H,1H3,(H,15,16)(H,18,19). The van der Waals surface area contributed by atoms with Crippen molar-refractivity contribution in [1.29, 1.82) is 0 Å². The van der Waals surface area contributed by atoms with E-state index in [1.165, 1.54) is 0 Å². The molecule has 0 spiro atoms. The molecule has 0 radical (unpaired) electrons. The Morgan fingerprint density at radius 1 is 1.48 bits per heavy atom. The molecule has 2 N–H and O–H groups in total. The molecule has 0 saturated carbocycles. The Bertz CT molecular complexity index is 713. The molecule has 2 aromatic rings. The predicted octanol–water partition coefficient (Wildman–Crippen LogP) is 3.39. The number of hydrogen-bond acceptors (Lipinski definition) is 5. The van der Waals surface area contributed by atoms with Crippen molar-refractivity contribution in [3.05, 3.63) is 56.7 Å². The maximum Gasteiger partial charge on any atom is 0.339 e. The van der Waals surface area contributed by atoms with Crippen LogP contribution in [0.5, 0.6) is 0 Å². The van der Waals surface area contributed by atoms with Crippen LogP contribution in [0.15, 0.2) is 30.5 Å². The van der Waals surface area contributed by atoms with Crippen LogP contribution in [0, 0.1) is 17.0 Å². The van der Waals surface area contributed by atoms with E-state index in [1.54, 1.807) is 25.1 Å². The molecular weight excluding hydrogens is 298 g/mol. The zero-order valence-corrected chi connectivity index (χ0v) is 11.6. The number of carbonyl (C=O) groups is 1. The number of carboxylic acids is 1. The minimum Gasteiger partial charge on any atom is -0.478 e. The van der Waals surface area contributed by atoms with Gasteiger partial charge < -0.3 is 10.4 Å². The second kappa shape index (κ2) is 5.76. The molecule has 0 aliphatic heterocycles. The van der Waals surface area contributed by atoms with Gasteiger partial charge in [-0.15, -0.1) is 0 Å². The predicted molar refractivity (Wildman–Crippen MR) is 77.3 cm³/mol. The summed E-state index contributed by atoms with van der Waals surface area (Å²) in [6.07, 6.45) is 0.987. The fourth-order valence-corrected chi connectivity index (χ4v) is 1.99. The van der Waals surface area contributed by atoms with E-state index in [4.69, 9.17) is 16.7 Å². The third-order valence-electron chi connectivity index (χ3n) is 2.78. The largest absolute Gasteiger partial charge is 0.478 e. The van der Waals surface area contributed by atoms with Crippen LogP contribution in [0.3, 0.4) is 0 Å². The van der Waals surface area contributed by atoms with Crippen LogP contribution in [0.1, 0.15) is 15.9 Å². The molecule has 0 amide bonds. The van der Waals surface area contributed by atoms with E-state index in [0.717, 1.165) is 17.8 Å². The lowest BCUT2D eigenvalue weighted by atomic mass is 10.2. The lowest BCUT2D eigenvalue weighted by Crippen LogP contribution is -2.07. The summed E-state index contributed by atoms with van der Waals surface area (Å²) in [6.45, 7) is 1.79. The molecule has 21 heavy (non-hydrogen) atoms. The number of para-hydroxylation sites is 1. The number of halogens is 1. The Balaban J connectivity index is 2.49. The number of nitrogens with one attached hydrogen (secondary N) is 1. The average molecular weight is 308 g/mol. The summed E-state index contributed by atoms with van der Waals surface area (Å²) in [6, 6.07) is 6.14. The number of carboxylic acid groups (broad SMARTS) is 1. The summed E-state index contributed by atoms with van der Waals surface area (Å²) in [7, 11) is 0. The monoisotopic (exact) mass is 307 g/mol. The van der Waals surface area contributed by atoms with Gasteiger partial charge in [0.1, 0.15) is 17.6 Å². The molecule has 1 aromatic heterocycles. The average Bonchev–Trinajstić information content (AvgIpc) is 2.42. The van der Waals surface area contributed by atoms with Crippen molar-refractivity contribution in [1.82, 2.24) is 4.98 Å². The summed E-state index contributed by atoms with van der Waals surface area (Å²) in [4.78, 5) is 25.0. The van der Waals surface area contributed by atoms with Crippen LogP contribution in [-0.2, 0) is 0 Å². The first-order valence-corrected chi connectivity index (χ1v) is 6.18. The maximum atomic E-state index is 11.2. The van der Waals surface area contributed by atoms with E-state index in [9.17, 15) is 14.9 Å². The third kappa shape index (κ3) is 3.09. The van der Waals surface area contributed by atoms with Gasteiger partial charge in [0.15, 0.2) is 0 Å². The van der Waals surface area contributed by atoms with E-state index in [1.807, 2.05) is 0 Å². The lowest BCUT2D eigenvalue weighted by Gasteiger charge is -2.12. The first-order chi connectivity index (χ1) is 9.90. The molecule has 7 nitrogen and oxygen atoms in total. The van der Waals surface area contributed by atoms with Crippen LogP contribution < -0.4 is 5.32 Å². The van der Waals surface area contributed by atoms with E-state index in [0.29, 0.717) is 10.7 Å². The number of anilines is 2. The van der Waals surface area contributed by atoms with Crippen molar-refractivity contribution in [2.24, 2.45) is 0 Å². The number of nitro groups is 1. The topological polar surface area (TPSA) is 105 Å². The van der Waals surface area contributed by atoms with Crippen LogP contribution in [-0.4, -0.2) is 21.0 Å². The van der Waals surface area contributed by atoms with Crippen LogP contribution >= 0.6 is 11.6 Å². The van der Waals surface area contributed by atoms with Crippen molar-refractivity contribution in [3.63, 3.8) is 0 Å². The number of benzene rings is 1. The smallest absolute Gasteiger partial charge is 0.339 e. The van der Waals surface area contributed by atoms with Crippen LogP contribution in [0.4, 0.5) is 17.2 Å². The fourth-order valence-electron chi connectivity index (χ4n) is 1.72. The quantitative estimate of drug-likeness (QED) is 0.662. The molecule has 0 aliphatic carbocycles. The number of hydrogen-bond donors (Lipinski definition) is 2. The van der Waals surface area contributed by atoms with E-state index >= 15 is 0 Å². The summed E-state index contributed by atoms with van der Waals surface area (Å²) in [5.74, 6) is -1.33. The molecule has 0 saturated heterocycles. The molecule has 1 heterocycles. The Hall–Kier alpha value is -2.67. The molecule has 0 unspecified atom stereocenters. The third-order valence-corrected chi connectivity index (χ3v) is 3.09. The first kappa shape index (κ1) is 14.7. The number of rotatable bonds is 4. The highest BCUT2D eigenvalue weighted by Crippen LogP contribution is 2.30. The molecule has 1 aromatic carbocycles. The van der Waals surface area contributed by atoms with Crippen LogP contribution in [0.2, 0.25) is 5.02 Å². The number of aromatic nitrogens is 1. The van der Waals surface area contributed by atoms with Gasteiger partial charge in [-0.25, -0.2) is 9.78 Å². The van der Waals surface area contributed by atoms with Crippen LogP contribution in [0.25, 0.3) is 0 Å². The summed E-state index contributed by atoms with van der Waals surface area (Å²) < 4.78 is 0. The zero-order valence-electron chi connectivity index (χ0n) is 10.8. The highest BCUT2D eigenvalue weighted by Gasteiger charge is 2.18. The highest BCUT2D eigenvalue weighted by molar-refractivity contribution is 6.33. The molecule has 8 heteroatoms. The molecule has 0 aliphatic rings. The minimum absolute atomic E-state index is 0.00991. The number of aromatic carboxylic acids is 1. The first-order valence-electron chi connectivity index (χ1n) is 5.80. The second-order valence-electron chi connectivity index (χ2n) is 4.21. The van der Waals surface area contributed by atoms with Crippen molar-refractivity contribution in [3.8, 4) is 0 Å². The molecular formula is C13H10ClN3O4.